The maximum atomic E-state index is 13.8. The first-order valence-electron chi connectivity index (χ1n) is 8.67. The van der Waals surface area contributed by atoms with Crippen LogP contribution in [0.1, 0.15) is 21.5 Å². The molecule has 3 rings (SSSR count). The maximum Gasteiger partial charge on any atom is 0.274 e. The van der Waals surface area contributed by atoms with Crippen LogP contribution in [-0.4, -0.2) is 24.2 Å². The second-order valence-electron chi connectivity index (χ2n) is 5.96. The van der Waals surface area contributed by atoms with E-state index in [4.69, 9.17) is 32.7 Å². The third kappa shape index (κ3) is 5.25. The van der Waals surface area contributed by atoms with Gasteiger partial charge in [0.1, 0.15) is 17.6 Å². The van der Waals surface area contributed by atoms with Gasteiger partial charge in [0.25, 0.3) is 5.91 Å². The van der Waals surface area contributed by atoms with Gasteiger partial charge in [-0.25, -0.2) is 14.8 Å². The van der Waals surface area contributed by atoms with Crippen molar-refractivity contribution < 1.29 is 18.7 Å². The van der Waals surface area contributed by atoms with Gasteiger partial charge in [-0.15, -0.1) is 0 Å². The SMILES string of the molecule is COc1cc(C=NNC(=O)c2cccnc2Cl)cc(Cl)c1OCc1ccccc1F. The number of rotatable bonds is 7. The highest BCUT2D eigenvalue weighted by atomic mass is 35.5. The minimum atomic E-state index is -0.507. The summed E-state index contributed by atoms with van der Waals surface area (Å²) in [4.78, 5) is 15.9. The molecule has 1 aromatic heterocycles. The summed E-state index contributed by atoms with van der Waals surface area (Å²) in [5, 5.41) is 4.21. The number of methoxy groups -OCH3 is 1. The van der Waals surface area contributed by atoms with Gasteiger partial charge >= 0.3 is 0 Å². The van der Waals surface area contributed by atoms with Crippen molar-refractivity contribution in [2.75, 3.05) is 7.11 Å². The highest BCUT2D eigenvalue weighted by Gasteiger charge is 2.13. The lowest BCUT2D eigenvalue weighted by Crippen LogP contribution is -2.18. The zero-order valence-electron chi connectivity index (χ0n) is 15.7. The van der Waals surface area contributed by atoms with E-state index in [-0.39, 0.29) is 33.9 Å². The van der Waals surface area contributed by atoms with Gasteiger partial charge in [-0.1, -0.05) is 41.4 Å². The van der Waals surface area contributed by atoms with E-state index in [0.29, 0.717) is 16.9 Å². The number of aromatic nitrogens is 1. The fraction of sp³-hybridized carbons (Fsp3) is 0.0952. The minimum Gasteiger partial charge on any atom is -0.493 e. The predicted octanol–water partition coefficient (Wildman–Crippen LogP) is 4.88. The third-order valence-corrected chi connectivity index (χ3v) is 4.55. The highest BCUT2D eigenvalue weighted by molar-refractivity contribution is 6.33. The molecule has 0 atom stereocenters. The van der Waals surface area contributed by atoms with Gasteiger partial charge in [-0.3, -0.25) is 4.79 Å². The molecule has 154 valence electrons. The van der Waals surface area contributed by atoms with Crippen LogP contribution in [0, 0.1) is 5.82 Å². The highest BCUT2D eigenvalue weighted by Crippen LogP contribution is 2.36. The first-order chi connectivity index (χ1) is 14.5. The van der Waals surface area contributed by atoms with Crippen LogP contribution in [0.15, 0.2) is 59.8 Å². The number of ether oxygens (including phenoxy) is 2. The molecular formula is C21H16Cl2FN3O3. The Kier molecular flexibility index (Phi) is 7.21. The molecule has 0 aliphatic carbocycles. The lowest BCUT2D eigenvalue weighted by molar-refractivity contribution is 0.0955. The van der Waals surface area contributed by atoms with Crippen LogP contribution >= 0.6 is 23.2 Å². The molecule has 30 heavy (non-hydrogen) atoms. The number of pyridine rings is 1. The zero-order valence-corrected chi connectivity index (χ0v) is 17.2. The fourth-order valence-electron chi connectivity index (χ4n) is 2.50. The zero-order chi connectivity index (χ0) is 21.5. The largest absolute Gasteiger partial charge is 0.493 e. The molecular weight excluding hydrogens is 432 g/mol. The van der Waals surface area contributed by atoms with Crippen molar-refractivity contribution in [3.05, 3.63) is 87.4 Å². The van der Waals surface area contributed by atoms with E-state index in [1.54, 1.807) is 36.4 Å². The molecule has 0 aliphatic heterocycles. The van der Waals surface area contributed by atoms with E-state index in [1.165, 1.54) is 31.7 Å². The molecule has 0 aliphatic rings. The number of nitrogens with zero attached hydrogens (tertiary/aromatic N) is 2. The van der Waals surface area contributed by atoms with Gasteiger partial charge < -0.3 is 9.47 Å². The van der Waals surface area contributed by atoms with E-state index < -0.39 is 5.91 Å². The maximum absolute atomic E-state index is 13.8. The second kappa shape index (κ2) is 10.0. The number of carbonyl (C=O) groups is 1. The molecule has 1 amide bonds. The first kappa shape index (κ1) is 21.5. The van der Waals surface area contributed by atoms with Crippen molar-refractivity contribution >= 4 is 35.3 Å². The van der Waals surface area contributed by atoms with Crippen molar-refractivity contribution in [1.29, 1.82) is 0 Å². The summed E-state index contributed by atoms with van der Waals surface area (Å²) < 4.78 is 24.8. The van der Waals surface area contributed by atoms with Crippen LogP contribution in [0.25, 0.3) is 0 Å². The van der Waals surface area contributed by atoms with Crippen molar-refractivity contribution in [2.45, 2.75) is 6.61 Å². The Labute approximate surface area is 182 Å². The summed E-state index contributed by atoms with van der Waals surface area (Å²) in [6.45, 7) is -0.0158. The summed E-state index contributed by atoms with van der Waals surface area (Å²) in [6, 6.07) is 12.6. The van der Waals surface area contributed by atoms with Crippen LogP contribution in [0.4, 0.5) is 4.39 Å². The van der Waals surface area contributed by atoms with Crippen LogP contribution in [-0.2, 0) is 6.61 Å². The van der Waals surface area contributed by atoms with Crippen LogP contribution in [0.2, 0.25) is 10.2 Å². The standard InChI is InChI=1S/C21H16Cl2FN3O3/c1-29-18-10-13(11-26-27-21(28)15-6-4-8-25-20(15)23)9-16(22)19(18)30-12-14-5-2-3-7-17(14)24/h2-11H,12H2,1H3,(H,27,28). The number of hydrogen-bond acceptors (Lipinski definition) is 5. The van der Waals surface area contributed by atoms with Crippen LogP contribution < -0.4 is 14.9 Å². The number of halogens is 3. The van der Waals surface area contributed by atoms with Crippen molar-refractivity contribution in [3.8, 4) is 11.5 Å². The van der Waals surface area contributed by atoms with Crippen molar-refractivity contribution in [1.82, 2.24) is 10.4 Å². The number of amides is 1. The number of hydrazone groups is 1. The topological polar surface area (TPSA) is 72.8 Å². The van der Waals surface area contributed by atoms with E-state index >= 15 is 0 Å². The first-order valence-corrected chi connectivity index (χ1v) is 9.43. The molecule has 6 nitrogen and oxygen atoms in total. The van der Waals surface area contributed by atoms with Gasteiger partial charge in [0.15, 0.2) is 11.5 Å². The Morgan fingerprint density at radius 3 is 2.77 bits per heavy atom. The molecule has 0 saturated carbocycles. The average molecular weight is 448 g/mol. The number of hydrogen-bond donors (Lipinski definition) is 1. The summed E-state index contributed by atoms with van der Waals surface area (Å²) in [5.41, 5.74) is 3.50. The molecule has 0 saturated heterocycles. The predicted molar refractivity (Wildman–Crippen MR) is 113 cm³/mol. The van der Waals surface area contributed by atoms with Gasteiger partial charge in [0, 0.05) is 11.8 Å². The average Bonchev–Trinajstić information content (AvgIpc) is 2.74. The van der Waals surface area contributed by atoms with Gasteiger partial charge in [-0.2, -0.15) is 5.10 Å². The van der Waals surface area contributed by atoms with E-state index in [9.17, 15) is 9.18 Å². The normalized spacial score (nSPS) is 10.8. The quantitative estimate of drug-likeness (QED) is 0.318. The van der Waals surface area contributed by atoms with E-state index in [1.807, 2.05) is 0 Å². The van der Waals surface area contributed by atoms with Gasteiger partial charge in [-0.05, 0) is 35.9 Å². The van der Waals surface area contributed by atoms with Crippen molar-refractivity contribution in [3.63, 3.8) is 0 Å². The minimum absolute atomic E-state index is 0.0158. The summed E-state index contributed by atoms with van der Waals surface area (Å²) in [5.74, 6) is -0.277. The summed E-state index contributed by atoms with van der Waals surface area (Å²) in [7, 11) is 1.45. The van der Waals surface area contributed by atoms with Crippen LogP contribution in [0.5, 0.6) is 11.5 Å². The third-order valence-electron chi connectivity index (χ3n) is 3.97. The Morgan fingerprint density at radius 2 is 2.03 bits per heavy atom. The molecule has 3 aromatic rings. The summed E-state index contributed by atoms with van der Waals surface area (Å²) in [6.07, 6.45) is 2.86. The Hall–Kier alpha value is -3.16. The molecule has 0 bridgehead atoms. The monoisotopic (exact) mass is 447 g/mol. The van der Waals surface area contributed by atoms with Gasteiger partial charge in [0.05, 0.1) is 23.9 Å². The molecule has 0 unspecified atom stereocenters. The Bertz CT molecular complexity index is 1090. The molecule has 1 N–H and O–H groups in total. The number of nitrogens with one attached hydrogen (secondary N) is 1. The molecule has 2 aromatic carbocycles. The van der Waals surface area contributed by atoms with E-state index in [0.717, 1.165) is 0 Å². The van der Waals surface area contributed by atoms with Gasteiger partial charge in [0.2, 0.25) is 0 Å². The van der Waals surface area contributed by atoms with Crippen molar-refractivity contribution in [2.24, 2.45) is 5.10 Å². The smallest absolute Gasteiger partial charge is 0.274 e. The molecule has 0 fully saturated rings. The summed E-state index contributed by atoms with van der Waals surface area (Å²) >= 11 is 12.2. The Balaban J connectivity index is 1.72. The fourth-order valence-corrected chi connectivity index (χ4v) is 2.98. The molecule has 0 radical (unpaired) electrons. The molecule has 0 spiro atoms. The Morgan fingerprint density at radius 1 is 1.23 bits per heavy atom. The molecule has 1 heterocycles. The lowest BCUT2D eigenvalue weighted by atomic mass is 10.2. The van der Waals surface area contributed by atoms with Crippen LogP contribution in [0.3, 0.4) is 0 Å². The number of carbonyl (C=O) groups excluding carboxylic acids is 1. The lowest BCUT2D eigenvalue weighted by Gasteiger charge is -2.13. The van der Waals surface area contributed by atoms with E-state index in [2.05, 4.69) is 15.5 Å². The second-order valence-corrected chi connectivity index (χ2v) is 6.72. The molecule has 9 heteroatoms. The number of benzene rings is 2.